The number of carbonyl (C=O) groups is 5. The number of hydrogen-bond acceptors (Lipinski definition) is 11. The summed E-state index contributed by atoms with van der Waals surface area (Å²) in [5.41, 5.74) is -0.270. The summed E-state index contributed by atoms with van der Waals surface area (Å²) in [7, 11) is 1.49. The molecule has 4 aliphatic rings. The molecule has 1 aromatic carbocycles. The second kappa shape index (κ2) is 17.9. The zero-order chi connectivity index (χ0) is 41.0. The minimum Gasteiger partial charge on any atom is -0.495 e. The highest BCUT2D eigenvalue weighted by atomic mass is 35.5. The second-order valence-electron chi connectivity index (χ2n) is 15.5. The number of carboxylic acids is 1. The summed E-state index contributed by atoms with van der Waals surface area (Å²) < 4.78 is 17.8. The molecule has 310 valence electrons. The van der Waals surface area contributed by atoms with Crippen molar-refractivity contribution in [2.24, 2.45) is 5.92 Å². The molecule has 7 rings (SSSR count). The minimum atomic E-state index is -1.49. The van der Waals surface area contributed by atoms with Crippen LogP contribution in [0.5, 0.6) is 11.5 Å². The number of allylic oxidation sites excluding steroid dienone is 1. The SMILES string of the molecule is CCCC(=O)Nc1nc(-c2cc(O[C@@H]3C[C@H]4C(=O)N[C@]5(C(=O)O)C[C@@H]5/C=C\CCCCC[C@@H](NC(=O)OC5CCCC5)C(=O)N4C3)c3ccc(OC)c(Cl)c3n2)cs1. The molecule has 3 fully saturated rings. The molecule has 2 aliphatic heterocycles. The van der Waals surface area contributed by atoms with E-state index in [4.69, 9.17) is 30.8 Å². The first kappa shape index (κ1) is 41.2. The van der Waals surface area contributed by atoms with Gasteiger partial charge in [-0.1, -0.05) is 43.5 Å². The van der Waals surface area contributed by atoms with Crippen molar-refractivity contribution in [2.45, 2.75) is 120 Å². The number of halogens is 1. The average Bonchev–Trinajstić information content (AvgIpc) is 3.62. The molecule has 4 heterocycles. The molecule has 4 N–H and O–H groups in total. The molecule has 4 amide bonds. The van der Waals surface area contributed by atoms with E-state index in [9.17, 15) is 29.1 Å². The van der Waals surface area contributed by atoms with Gasteiger partial charge in [-0.2, -0.15) is 0 Å². The van der Waals surface area contributed by atoms with Crippen molar-refractivity contribution in [1.82, 2.24) is 25.5 Å². The summed E-state index contributed by atoms with van der Waals surface area (Å²) in [6.45, 7) is 1.88. The van der Waals surface area contributed by atoms with Crippen LogP contribution in [-0.4, -0.2) is 93.2 Å². The van der Waals surface area contributed by atoms with Crippen LogP contribution in [0.25, 0.3) is 22.3 Å². The molecular weight excluding hydrogens is 788 g/mol. The van der Waals surface area contributed by atoms with E-state index < -0.39 is 47.6 Å². The van der Waals surface area contributed by atoms with E-state index in [1.54, 1.807) is 23.6 Å². The predicted octanol–water partition coefficient (Wildman–Crippen LogP) is 6.62. The van der Waals surface area contributed by atoms with Crippen LogP contribution in [0.4, 0.5) is 9.93 Å². The highest BCUT2D eigenvalue weighted by Crippen LogP contribution is 2.46. The number of nitrogens with zero attached hydrogens (tertiary/aromatic N) is 3. The minimum absolute atomic E-state index is 0.0281. The summed E-state index contributed by atoms with van der Waals surface area (Å²) in [5, 5.41) is 21.6. The van der Waals surface area contributed by atoms with Gasteiger partial charge in [0.25, 0.3) is 0 Å². The number of ether oxygens (including phenoxy) is 3. The third kappa shape index (κ3) is 9.02. The average molecular weight is 837 g/mol. The number of thiazole rings is 1. The van der Waals surface area contributed by atoms with Crippen molar-refractivity contribution in [2.75, 3.05) is 19.0 Å². The summed E-state index contributed by atoms with van der Waals surface area (Å²) in [6.07, 6.45) is 10.2. The van der Waals surface area contributed by atoms with Gasteiger partial charge in [-0.25, -0.2) is 19.6 Å². The molecule has 0 unspecified atom stereocenters. The lowest BCUT2D eigenvalue weighted by Gasteiger charge is -2.29. The maximum atomic E-state index is 14.6. The summed E-state index contributed by atoms with van der Waals surface area (Å²) >= 11 is 8.06. The molecule has 0 radical (unpaired) electrons. The lowest BCUT2D eigenvalue weighted by Crippen LogP contribution is -2.56. The molecule has 2 aliphatic carbocycles. The highest BCUT2D eigenvalue weighted by molar-refractivity contribution is 7.14. The molecule has 5 atom stereocenters. The molecule has 3 aromatic rings. The number of fused-ring (bicyclic) bond motifs is 3. The molecule has 15 nitrogen and oxygen atoms in total. The van der Waals surface area contributed by atoms with E-state index in [2.05, 4.69) is 20.9 Å². The van der Waals surface area contributed by atoms with Crippen LogP contribution >= 0.6 is 22.9 Å². The zero-order valence-electron chi connectivity index (χ0n) is 32.6. The number of nitrogens with one attached hydrogen (secondary N) is 3. The number of pyridine rings is 1. The number of rotatable bonds is 10. The Kier molecular flexibility index (Phi) is 12.7. The number of carboxylic acid groups (broad SMARTS) is 1. The van der Waals surface area contributed by atoms with Gasteiger partial charge in [0.1, 0.15) is 52.0 Å². The monoisotopic (exact) mass is 836 g/mol. The van der Waals surface area contributed by atoms with Gasteiger partial charge in [0, 0.05) is 35.6 Å². The van der Waals surface area contributed by atoms with Crippen LogP contribution in [0.1, 0.15) is 90.4 Å². The van der Waals surface area contributed by atoms with Crippen molar-refractivity contribution in [1.29, 1.82) is 0 Å². The van der Waals surface area contributed by atoms with Crippen molar-refractivity contribution >= 4 is 68.8 Å². The van der Waals surface area contributed by atoms with E-state index in [-0.39, 0.29) is 42.3 Å². The van der Waals surface area contributed by atoms with E-state index >= 15 is 0 Å². The van der Waals surface area contributed by atoms with Gasteiger partial charge in [0.05, 0.1) is 24.9 Å². The van der Waals surface area contributed by atoms with Crippen LogP contribution < -0.4 is 25.4 Å². The number of anilines is 1. The summed E-state index contributed by atoms with van der Waals surface area (Å²) in [6, 6.07) is 3.04. The third-order valence-electron chi connectivity index (χ3n) is 11.3. The zero-order valence-corrected chi connectivity index (χ0v) is 34.2. The topological polar surface area (TPSA) is 198 Å². The Morgan fingerprint density at radius 3 is 2.60 bits per heavy atom. The van der Waals surface area contributed by atoms with Crippen LogP contribution in [0.15, 0.2) is 35.7 Å². The molecule has 0 bridgehead atoms. The van der Waals surface area contributed by atoms with E-state index in [0.29, 0.717) is 64.6 Å². The van der Waals surface area contributed by atoms with Gasteiger partial charge in [-0.3, -0.25) is 14.4 Å². The number of benzene rings is 1. The fourth-order valence-electron chi connectivity index (χ4n) is 8.11. The second-order valence-corrected chi connectivity index (χ2v) is 16.7. The molecule has 0 spiro atoms. The number of alkyl carbamates (subject to hydrolysis) is 1. The van der Waals surface area contributed by atoms with Crippen LogP contribution in [0.2, 0.25) is 5.02 Å². The lowest BCUT2D eigenvalue weighted by molar-refractivity contribution is -0.145. The maximum Gasteiger partial charge on any atom is 0.408 e. The van der Waals surface area contributed by atoms with Gasteiger partial charge in [0.2, 0.25) is 17.7 Å². The van der Waals surface area contributed by atoms with Crippen molar-refractivity contribution in [3.63, 3.8) is 0 Å². The fraction of sp³-hybridized carbons (Fsp3) is 0.537. The number of carbonyl (C=O) groups excluding carboxylic acids is 4. The smallest absolute Gasteiger partial charge is 0.408 e. The molecular formula is C41H49ClN6O9S. The van der Waals surface area contributed by atoms with Gasteiger partial charge in [0.15, 0.2) is 5.13 Å². The van der Waals surface area contributed by atoms with Gasteiger partial charge in [-0.15, -0.1) is 11.3 Å². The van der Waals surface area contributed by atoms with Gasteiger partial charge < -0.3 is 40.2 Å². The Morgan fingerprint density at radius 1 is 1.05 bits per heavy atom. The normalized spacial score (nSPS) is 25.7. The summed E-state index contributed by atoms with van der Waals surface area (Å²) in [5.74, 6) is -2.04. The predicted molar refractivity (Wildman–Crippen MR) is 217 cm³/mol. The number of hydrogen-bond donors (Lipinski definition) is 4. The molecule has 2 aromatic heterocycles. The molecule has 2 saturated carbocycles. The first-order chi connectivity index (χ1) is 28.0. The number of aliphatic carboxylic acids is 1. The van der Waals surface area contributed by atoms with Crippen LogP contribution in [-0.2, 0) is 23.9 Å². The largest absolute Gasteiger partial charge is 0.495 e. The first-order valence-electron chi connectivity index (χ1n) is 20.1. The van der Waals surface area contributed by atoms with Crippen molar-refractivity contribution in [3.05, 3.63) is 40.8 Å². The van der Waals surface area contributed by atoms with Crippen LogP contribution in [0.3, 0.4) is 0 Å². The van der Waals surface area contributed by atoms with E-state index in [1.807, 2.05) is 19.1 Å². The Morgan fingerprint density at radius 2 is 1.84 bits per heavy atom. The number of methoxy groups -OCH3 is 1. The Balaban J connectivity index is 1.21. The van der Waals surface area contributed by atoms with E-state index in [0.717, 1.165) is 44.9 Å². The third-order valence-corrected chi connectivity index (χ3v) is 12.5. The van der Waals surface area contributed by atoms with Gasteiger partial charge in [-0.05, 0) is 69.9 Å². The Labute approximate surface area is 345 Å². The van der Waals surface area contributed by atoms with E-state index in [1.165, 1.54) is 23.3 Å². The molecule has 17 heteroatoms. The molecule has 1 saturated heterocycles. The van der Waals surface area contributed by atoms with Crippen molar-refractivity contribution < 1.29 is 43.3 Å². The standard InChI is InChI=1S/C41H49ClN6O9S/c1-3-11-33(49)46-39-44-29(22-58-39)28-19-32(26-16-17-31(55-2)34(42)35(26)43-28)56-25-18-30-36(50)47-41(38(52)53)20-23(41)12-7-5-4-6-8-15-27(37(51)48(30)21-25)45-40(54)57-24-13-9-10-14-24/h7,12,16-17,19,22-25,27,30H,3-6,8-11,13-15,18,20-21H2,1-2H3,(H,45,54)(H,47,50)(H,52,53)(H,44,46,49)/b12-7-/t23-,25+,27+,30-,41+/m0/s1. The van der Waals surface area contributed by atoms with Gasteiger partial charge >= 0.3 is 12.1 Å². The highest BCUT2D eigenvalue weighted by Gasteiger charge is 2.61. The Hall–Kier alpha value is -4.96. The van der Waals surface area contributed by atoms with Crippen LogP contribution in [0, 0.1) is 5.92 Å². The first-order valence-corrected chi connectivity index (χ1v) is 21.3. The molecule has 58 heavy (non-hydrogen) atoms. The van der Waals surface area contributed by atoms with Crippen molar-refractivity contribution in [3.8, 4) is 22.9 Å². The Bertz CT molecular complexity index is 2090. The summed E-state index contributed by atoms with van der Waals surface area (Å²) in [4.78, 5) is 77.7. The maximum absolute atomic E-state index is 14.6. The quantitative estimate of drug-likeness (QED) is 0.160. The fourth-order valence-corrected chi connectivity index (χ4v) is 9.12. The number of aromatic nitrogens is 2. The lowest BCUT2D eigenvalue weighted by atomic mass is 10.0. The number of amides is 4.